The number of amides is 1. The van der Waals surface area contributed by atoms with E-state index in [-0.39, 0.29) is 0 Å². The van der Waals surface area contributed by atoms with Crippen LogP contribution in [0, 0.1) is 0 Å². The zero-order chi connectivity index (χ0) is 13.1. The number of cyclic esters (lactones) is 1. The second kappa shape index (κ2) is 4.57. The third kappa shape index (κ3) is 1.97. The Morgan fingerprint density at radius 3 is 1.89 bits per heavy atom. The fourth-order valence-corrected chi connectivity index (χ4v) is 2.18. The van der Waals surface area contributed by atoms with Crippen LogP contribution < -0.4 is 5.43 Å². The zero-order valence-corrected chi connectivity index (χ0v) is 10.1. The lowest BCUT2D eigenvalue weighted by Gasteiger charge is -2.32. The maximum atomic E-state index is 11.6. The van der Waals surface area contributed by atoms with Crippen LogP contribution in [0.1, 0.15) is 11.1 Å². The Kier molecular flexibility index (Phi) is 2.76. The first kappa shape index (κ1) is 11.5. The lowest BCUT2D eigenvalue weighted by molar-refractivity contribution is 0.0799. The van der Waals surface area contributed by atoms with Crippen LogP contribution in [0.5, 0.6) is 0 Å². The lowest BCUT2D eigenvalue weighted by Crippen LogP contribution is -2.42. The third-order valence-corrected chi connectivity index (χ3v) is 3.06. The lowest BCUT2D eigenvalue weighted by atomic mass is 9.87. The highest BCUT2D eigenvalue weighted by Gasteiger charge is 2.39. The first-order chi connectivity index (χ1) is 9.31. The molecule has 0 aromatic heterocycles. The number of benzene rings is 2. The molecule has 4 nitrogen and oxygen atoms in total. The van der Waals surface area contributed by atoms with Crippen molar-refractivity contribution >= 4 is 12.3 Å². The second-order valence-corrected chi connectivity index (χ2v) is 4.23. The van der Waals surface area contributed by atoms with Crippen molar-refractivity contribution in [1.82, 2.24) is 5.43 Å². The van der Waals surface area contributed by atoms with Gasteiger partial charge in [0.15, 0.2) is 0 Å². The molecule has 4 heteroatoms. The molecule has 0 unspecified atom stereocenters. The van der Waals surface area contributed by atoms with Crippen molar-refractivity contribution in [3.63, 3.8) is 0 Å². The number of rotatable bonds is 2. The summed E-state index contributed by atoms with van der Waals surface area (Å²) >= 11 is 0. The normalized spacial score (nSPS) is 16.5. The van der Waals surface area contributed by atoms with Gasteiger partial charge in [-0.05, 0) is 0 Å². The summed E-state index contributed by atoms with van der Waals surface area (Å²) in [7, 11) is 0. The number of hydrazone groups is 1. The first-order valence-corrected chi connectivity index (χ1v) is 5.95. The zero-order valence-electron chi connectivity index (χ0n) is 10.1. The molecule has 0 atom stereocenters. The average Bonchev–Trinajstić information content (AvgIpc) is 2.49. The van der Waals surface area contributed by atoms with Gasteiger partial charge in [-0.3, -0.25) is 0 Å². The number of ether oxygens (including phenoxy) is 1. The minimum Gasteiger partial charge on any atom is -0.426 e. The van der Waals surface area contributed by atoms with Crippen molar-refractivity contribution in [3.05, 3.63) is 71.8 Å². The first-order valence-electron chi connectivity index (χ1n) is 5.95. The van der Waals surface area contributed by atoms with Crippen molar-refractivity contribution in [2.75, 3.05) is 0 Å². The summed E-state index contributed by atoms with van der Waals surface area (Å²) in [4.78, 5) is 11.6. The molecule has 3 rings (SSSR count). The molecule has 2 aromatic carbocycles. The van der Waals surface area contributed by atoms with Crippen molar-refractivity contribution in [2.45, 2.75) is 5.60 Å². The molecule has 0 bridgehead atoms. The molecule has 1 N–H and O–H groups in total. The second-order valence-electron chi connectivity index (χ2n) is 4.23. The fraction of sp³-hybridized carbons (Fsp3) is 0.0667. The quantitative estimate of drug-likeness (QED) is 0.893. The molecule has 0 spiro atoms. The van der Waals surface area contributed by atoms with Crippen LogP contribution >= 0.6 is 0 Å². The summed E-state index contributed by atoms with van der Waals surface area (Å²) in [5.41, 5.74) is 3.04. The standard InChI is InChI=1S/C15H12N2O2/c18-14-17-16-11-15(19-14,12-7-3-1-4-8-12)13-9-5-2-6-10-13/h1-11H,(H,17,18). The molecule has 0 saturated heterocycles. The molecular weight excluding hydrogens is 240 g/mol. The monoisotopic (exact) mass is 252 g/mol. The van der Waals surface area contributed by atoms with Crippen LogP contribution in [0.25, 0.3) is 0 Å². The average molecular weight is 252 g/mol. The van der Waals surface area contributed by atoms with Crippen LogP contribution in [0.15, 0.2) is 65.8 Å². The van der Waals surface area contributed by atoms with Gasteiger partial charge in [-0.25, -0.2) is 10.2 Å². The predicted molar refractivity (Wildman–Crippen MR) is 71.8 cm³/mol. The smallest absolute Gasteiger partial charge is 0.426 e. The highest BCUT2D eigenvalue weighted by atomic mass is 16.6. The van der Waals surface area contributed by atoms with Crippen LogP contribution in [0.4, 0.5) is 4.79 Å². The number of hydrogen-bond acceptors (Lipinski definition) is 3. The van der Waals surface area contributed by atoms with Crippen molar-refractivity contribution in [2.24, 2.45) is 5.10 Å². The summed E-state index contributed by atoms with van der Waals surface area (Å²) in [5, 5.41) is 3.91. The van der Waals surface area contributed by atoms with Gasteiger partial charge in [0.05, 0.1) is 6.21 Å². The minimum absolute atomic E-state index is 0.560. The van der Waals surface area contributed by atoms with E-state index in [1.807, 2.05) is 60.7 Å². The van der Waals surface area contributed by atoms with Gasteiger partial charge in [-0.15, -0.1) is 0 Å². The summed E-state index contributed by atoms with van der Waals surface area (Å²) < 4.78 is 5.55. The van der Waals surface area contributed by atoms with Gasteiger partial charge in [0.25, 0.3) is 0 Å². The van der Waals surface area contributed by atoms with E-state index in [1.54, 1.807) is 6.21 Å². The van der Waals surface area contributed by atoms with E-state index in [0.29, 0.717) is 0 Å². The van der Waals surface area contributed by atoms with E-state index in [9.17, 15) is 4.79 Å². The molecule has 0 aliphatic carbocycles. The summed E-state index contributed by atoms with van der Waals surface area (Å²) in [5.74, 6) is 0. The SMILES string of the molecule is O=C1NN=CC(c2ccccc2)(c2ccccc2)O1. The Bertz CT molecular complexity index is 569. The van der Waals surface area contributed by atoms with E-state index in [4.69, 9.17) is 4.74 Å². The molecule has 1 aliphatic heterocycles. The number of nitrogens with one attached hydrogen (secondary N) is 1. The maximum absolute atomic E-state index is 11.6. The molecule has 0 fully saturated rings. The Labute approximate surface area is 110 Å². The highest BCUT2D eigenvalue weighted by Crippen LogP contribution is 2.33. The van der Waals surface area contributed by atoms with Crippen molar-refractivity contribution in [1.29, 1.82) is 0 Å². The molecule has 1 heterocycles. The predicted octanol–water partition coefficient (Wildman–Crippen LogP) is 2.66. The third-order valence-electron chi connectivity index (χ3n) is 3.06. The maximum Gasteiger partial charge on any atom is 0.429 e. The Morgan fingerprint density at radius 1 is 0.895 bits per heavy atom. The van der Waals surface area contributed by atoms with Gasteiger partial charge in [0, 0.05) is 11.1 Å². The fourth-order valence-electron chi connectivity index (χ4n) is 2.18. The van der Waals surface area contributed by atoms with Gasteiger partial charge in [-0.2, -0.15) is 5.10 Å². The summed E-state index contributed by atoms with van der Waals surface area (Å²) in [6.07, 6.45) is 1.05. The minimum atomic E-state index is -0.967. The Hall–Kier alpha value is -2.62. The molecule has 0 radical (unpaired) electrons. The van der Waals surface area contributed by atoms with E-state index in [0.717, 1.165) is 11.1 Å². The molecule has 1 aliphatic rings. The largest absolute Gasteiger partial charge is 0.429 e. The topological polar surface area (TPSA) is 50.7 Å². The highest BCUT2D eigenvalue weighted by molar-refractivity contribution is 5.85. The van der Waals surface area contributed by atoms with E-state index < -0.39 is 11.7 Å². The van der Waals surface area contributed by atoms with Crippen molar-refractivity contribution < 1.29 is 9.53 Å². The molecule has 2 aromatic rings. The van der Waals surface area contributed by atoms with Gasteiger partial charge in [0.2, 0.25) is 5.60 Å². The van der Waals surface area contributed by atoms with Crippen LogP contribution in [-0.2, 0) is 10.3 Å². The van der Waals surface area contributed by atoms with Gasteiger partial charge >= 0.3 is 6.09 Å². The van der Waals surface area contributed by atoms with E-state index >= 15 is 0 Å². The van der Waals surface area contributed by atoms with Gasteiger partial charge in [0.1, 0.15) is 0 Å². The number of carbonyl (C=O) groups is 1. The number of nitrogens with zero attached hydrogens (tertiary/aromatic N) is 1. The molecule has 19 heavy (non-hydrogen) atoms. The molecule has 1 amide bonds. The number of hydrogen-bond donors (Lipinski definition) is 1. The molecular formula is C15H12N2O2. The van der Waals surface area contributed by atoms with Gasteiger partial charge in [-0.1, -0.05) is 60.7 Å². The Balaban J connectivity index is 2.19. The Morgan fingerprint density at radius 2 is 1.42 bits per heavy atom. The van der Waals surface area contributed by atoms with Crippen LogP contribution in [-0.4, -0.2) is 12.3 Å². The molecule has 94 valence electrons. The summed E-state index contributed by atoms with van der Waals surface area (Å²) in [6.45, 7) is 0. The van der Waals surface area contributed by atoms with Gasteiger partial charge < -0.3 is 4.74 Å². The van der Waals surface area contributed by atoms with Crippen molar-refractivity contribution in [3.8, 4) is 0 Å². The van der Waals surface area contributed by atoms with Crippen LogP contribution in [0.3, 0.4) is 0 Å². The molecule has 0 saturated carbocycles. The van der Waals surface area contributed by atoms with Crippen LogP contribution in [0.2, 0.25) is 0 Å². The number of carbonyl (C=O) groups excluding carboxylic acids is 1. The van der Waals surface area contributed by atoms with E-state index in [2.05, 4.69) is 10.5 Å². The summed E-state index contributed by atoms with van der Waals surface area (Å²) in [6, 6.07) is 19.1. The van der Waals surface area contributed by atoms with E-state index in [1.165, 1.54) is 0 Å².